The van der Waals surface area contributed by atoms with Gasteiger partial charge in [-0.25, -0.2) is 17.6 Å². The van der Waals surface area contributed by atoms with Gasteiger partial charge in [0.2, 0.25) is 0 Å². The lowest BCUT2D eigenvalue weighted by molar-refractivity contribution is 0.498. The van der Waals surface area contributed by atoms with Crippen molar-refractivity contribution in [3.63, 3.8) is 0 Å². The molecule has 0 bridgehead atoms. The van der Waals surface area contributed by atoms with E-state index in [4.69, 9.17) is 0 Å². The Morgan fingerprint density at radius 2 is 1.31 bits per heavy atom. The molecule has 0 saturated carbocycles. The highest BCUT2D eigenvalue weighted by Gasteiger charge is 2.14. The molecule has 0 unspecified atom stereocenters. The van der Waals surface area contributed by atoms with Crippen LogP contribution in [-0.2, 0) is 12.8 Å². The quantitative estimate of drug-likeness (QED) is 0.335. The number of benzene rings is 3. The topological polar surface area (TPSA) is 0 Å². The average Bonchev–Trinajstić information content (AvgIpc) is 2.73. The second-order valence-corrected chi connectivity index (χ2v) is 6.73. The van der Waals surface area contributed by atoms with E-state index in [1.54, 1.807) is 43.3 Å². The summed E-state index contributed by atoms with van der Waals surface area (Å²) in [6.07, 6.45) is 1.61. The molecule has 0 spiro atoms. The summed E-state index contributed by atoms with van der Waals surface area (Å²) in [4.78, 5) is 0. The molecule has 0 aliphatic heterocycles. The predicted molar refractivity (Wildman–Crippen MR) is 108 cm³/mol. The maximum absolute atomic E-state index is 14.4. The summed E-state index contributed by atoms with van der Waals surface area (Å²) < 4.78 is 56.5. The Labute approximate surface area is 168 Å². The summed E-state index contributed by atoms with van der Waals surface area (Å²) in [6, 6.07) is 12.7. The molecule has 148 valence electrons. The van der Waals surface area contributed by atoms with Crippen LogP contribution in [0.2, 0.25) is 0 Å². The molecule has 0 aromatic heterocycles. The van der Waals surface area contributed by atoms with Crippen molar-refractivity contribution in [2.24, 2.45) is 0 Å². The molecule has 3 rings (SSSR count). The molecule has 0 aliphatic rings. The van der Waals surface area contributed by atoms with Crippen molar-refractivity contribution < 1.29 is 17.6 Å². The Balaban J connectivity index is 1.87. The summed E-state index contributed by atoms with van der Waals surface area (Å²) in [5.41, 5.74) is 1.88. The van der Waals surface area contributed by atoms with Crippen LogP contribution in [-0.4, -0.2) is 0 Å². The molecule has 0 aliphatic carbocycles. The Hall–Kier alpha value is -3.06. The second kappa shape index (κ2) is 8.96. The molecule has 29 heavy (non-hydrogen) atoms. The SMILES string of the molecule is CCCc1ccc(-c2ccc(C#Cc3ccc(CC)c(F)c3F)cc2)c(F)c1F. The first-order valence-electron chi connectivity index (χ1n) is 9.52. The maximum Gasteiger partial charge on any atom is 0.174 e. The molecule has 0 radical (unpaired) electrons. The minimum Gasteiger partial charge on any atom is -0.203 e. The third-order valence-corrected chi connectivity index (χ3v) is 4.76. The van der Waals surface area contributed by atoms with E-state index in [9.17, 15) is 17.6 Å². The van der Waals surface area contributed by atoms with E-state index in [2.05, 4.69) is 11.8 Å². The third kappa shape index (κ3) is 4.35. The molecular weight excluding hydrogens is 376 g/mol. The van der Waals surface area contributed by atoms with Crippen molar-refractivity contribution in [3.05, 3.63) is 94.1 Å². The van der Waals surface area contributed by atoms with Gasteiger partial charge < -0.3 is 0 Å². The van der Waals surface area contributed by atoms with Crippen LogP contribution in [0.3, 0.4) is 0 Å². The molecule has 0 saturated heterocycles. The van der Waals surface area contributed by atoms with Gasteiger partial charge in [-0.2, -0.15) is 0 Å². The number of hydrogen-bond donors (Lipinski definition) is 0. The van der Waals surface area contributed by atoms with Gasteiger partial charge in [-0.3, -0.25) is 0 Å². The van der Waals surface area contributed by atoms with Crippen molar-refractivity contribution in [1.82, 2.24) is 0 Å². The van der Waals surface area contributed by atoms with Crippen molar-refractivity contribution in [1.29, 1.82) is 0 Å². The highest BCUT2D eigenvalue weighted by Crippen LogP contribution is 2.27. The molecule has 4 heteroatoms. The van der Waals surface area contributed by atoms with Crippen molar-refractivity contribution in [2.75, 3.05) is 0 Å². The molecule has 3 aromatic rings. The van der Waals surface area contributed by atoms with Gasteiger partial charge in [0.25, 0.3) is 0 Å². The van der Waals surface area contributed by atoms with Gasteiger partial charge >= 0.3 is 0 Å². The van der Waals surface area contributed by atoms with E-state index >= 15 is 0 Å². The monoisotopic (exact) mass is 396 g/mol. The third-order valence-electron chi connectivity index (χ3n) is 4.76. The Morgan fingerprint density at radius 1 is 0.655 bits per heavy atom. The first-order chi connectivity index (χ1) is 14.0. The average molecular weight is 396 g/mol. The van der Waals surface area contributed by atoms with E-state index in [0.29, 0.717) is 35.1 Å². The number of aryl methyl sites for hydroxylation is 2. The first-order valence-corrected chi connectivity index (χ1v) is 9.52. The van der Waals surface area contributed by atoms with Gasteiger partial charge in [0, 0.05) is 11.1 Å². The van der Waals surface area contributed by atoms with E-state index in [-0.39, 0.29) is 11.1 Å². The normalized spacial score (nSPS) is 10.6. The van der Waals surface area contributed by atoms with Crippen LogP contribution in [0.5, 0.6) is 0 Å². The van der Waals surface area contributed by atoms with Gasteiger partial charge in [-0.05, 0) is 47.7 Å². The Kier molecular flexibility index (Phi) is 6.39. The predicted octanol–water partition coefficient (Wildman–Crippen LogP) is 6.82. The van der Waals surface area contributed by atoms with Crippen molar-refractivity contribution in [2.45, 2.75) is 33.1 Å². The molecule has 0 fully saturated rings. The zero-order valence-electron chi connectivity index (χ0n) is 16.3. The fourth-order valence-corrected chi connectivity index (χ4v) is 3.11. The van der Waals surface area contributed by atoms with Crippen LogP contribution in [0.1, 0.15) is 42.5 Å². The lowest BCUT2D eigenvalue weighted by Crippen LogP contribution is -1.97. The summed E-state index contributed by atoms with van der Waals surface area (Å²) in [7, 11) is 0. The molecule has 0 heterocycles. The zero-order chi connectivity index (χ0) is 21.0. The van der Waals surface area contributed by atoms with Crippen LogP contribution in [0.4, 0.5) is 17.6 Å². The lowest BCUT2D eigenvalue weighted by atomic mass is 9.99. The van der Waals surface area contributed by atoms with Gasteiger partial charge in [-0.15, -0.1) is 0 Å². The van der Waals surface area contributed by atoms with E-state index in [1.807, 2.05) is 6.92 Å². The zero-order valence-corrected chi connectivity index (χ0v) is 16.3. The van der Waals surface area contributed by atoms with Gasteiger partial charge in [0.15, 0.2) is 23.3 Å². The summed E-state index contributed by atoms with van der Waals surface area (Å²) >= 11 is 0. The maximum atomic E-state index is 14.4. The molecule has 0 N–H and O–H groups in total. The summed E-state index contributed by atoms with van der Waals surface area (Å²) in [5, 5.41) is 0. The van der Waals surface area contributed by atoms with Gasteiger partial charge in [0.05, 0.1) is 5.56 Å². The van der Waals surface area contributed by atoms with Crippen molar-refractivity contribution >= 4 is 0 Å². The number of hydrogen-bond acceptors (Lipinski definition) is 0. The summed E-state index contributed by atoms with van der Waals surface area (Å²) in [5.74, 6) is 1.87. The molecule has 0 amide bonds. The smallest absolute Gasteiger partial charge is 0.174 e. The van der Waals surface area contributed by atoms with E-state index in [0.717, 1.165) is 6.42 Å². The highest BCUT2D eigenvalue weighted by atomic mass is 19.2. The molecule has 0 atom stereocenters. The van der Waals surface area contributed by atoms with Crippen LogP contribution < -0.4 is 0 Å². The second-order valence-electron chi connectivity index (χ2n) is 6.73. The minimum absolute atomic E-state index is 0.0246. The first kappa shape index (κ1) is 20.7. The summed E-state index contributed by atoms with van der Waals surface area (Å²) in [6.45, 7) is 3.65. The fourth-order valence-electron chi connectivity index (χ4n) is 3.11. The standard InChI is InChI=1S/C25H20F4/c1-3-5-19-14-15-21(25(29)24(19)28)18-9-6-16(7-10-18)8-11-20-13-12-17(4-2)22(26)23(20)27/h6-7,9-10,12-15H,3-5H2,1-2H3. The number of rotatable bonds is 4. The highest BCUT2D eigenvalue weighted by molar-refractivity contribution is 5.66. The van der Waals surface area contributed by atoms with Crippen LogP contribution in [0.15, 0.2) is 48.5 Å². The molecule has 0 nitrogen and oxygen atoms in total. The molecular formula is C25H20F4. The van der Waals surface area contributed by atoms with Gasteiger partial charge in [0.1, 0.15) is 0 Å². The van der Waals surface area contributed by atoms with Gasteiger partial charge in [-0.1, -0.05) is 62.4 Å². The van der Waals surface area contributed by atoms with Crippen LogP contribution in [0, 0.1) is 35.1 Å². The van der Waals surface area contributed by atoms with Crippen molar-refractivity contribution in [3.8, 4) is 23.0 Å². The van der Waals surface area contributed by atoms with E-state index in [1.165, 1.54) is 12.1 Å². The fraction of sp³-hybridized carbons (Fsp3) is 0.200. The Bertz CT molecular complexity index is 1090. The molecule has 3 aromatic carbocycles. The number of halogens is 4. The lowest BCUT2D eigenvalue weighted by Gasteiger charge is -2.08. The van der Waals surface area contributed by atoms with E-state index < -0.39 is 23.3 Å². The van der Waals surface area contributed by atoms with Crippen LogP contribution >= 0.6 is 0 Å². The Morgan fingerprint density at radius 3 is 1.97 bits per heavy atom. The minimum atomic E-state index is -0.960. The largest absolute Gasteiger partial charge is 0.203 e. The van der Waals surface area contributed by atoms with Crippen LogP contribution in [0.25, 0.3) is 11.1 Å².